The number of esters is 1. The van der Waals surface area contributed by atoms with Crippen LogP contribution in [0.25, 0.3) is 0 Å². The van der Waals surface area contributed by atoms with E-state index in [1.807, 2.05) is 24.3 Å². The Hall–Kier alpha value is -1.31. The van der Waals surface area contributed by atoms with E-state index in [9.17, 15) is 4.79 Å². The highest BCUT2D eigenvalue weighted by atomic mass is 16.5. The van der Waals surface area contributed by atoms with Crippen molar-refractivity contribution in [2.24, 2.45) is 17.8 Å². The van der Waals surface area contributed by atoms with E-state index < -0.39 is 0 Å². The van der Waals surface area contributed by atoms with Crippen molar-refractivity contribution < 1.29 is 9.53 Å². The van der Waals surface area contributed by atoms with E-state index in [1.165, 1.54) is 18.4 Å². The van der Waals surface area contributed by atoms with Crippen molar-refractivity contribution in [3.05, 3.63) is 35.4 Å². The molecule has 0 unspecified atom stereocenters. The number of rotatable bonds is 4. The van der Waals surface area contributed by atoms with Gasteiger partial charge >= 0.3 is 5.97 Å². The van der Waals surface area contributed by atoms with Crippen molar-refractivity contribution in [2.45, 2.75) is 59.5 Å². The van der Waals surface area contributed by atoms with Crippen LogP contribution in [0.2, 0.25) is 0 Å². The maximum Gasteiger partial charge on any atom is 0.310 e. The van der Waals surface area contributed by atoms with Gasteiger partial charge in [-0.1, -0.05) is 57.0 Å². The molecule has 3 atom stereocenters. The summed E-state index contributed by atoms with van der Waals surface area (Å²) in [7, 11) is 0. The predicted molar refractivity (Wildman–Crippen MR) is 86.1 cm³/mol. The second-order valence-electron chi connectivity index (χ2n) is 7.02. The van der Waals surface area contributed by atoms with Crippen LogP contribution in [0.5, 0.6) is 0 Å². The lowest BCUT2D eigenvalue weighted by Crippen LogP contribution is -2.36. The maximum absolute atomic E-state index is 12.2. The Balaban J connectivity index is 1.94. The van der Waals surface area contributed by atoms with Gasteiger partial charge in [-0.3, -0.25) is 4.79 Å². The van der Waals surface area contributed by atoms with Gasteiger partial charge in [0.15, 0.2) is 0 Å². The van der Waals surface area contributed by atoms with Crippen molar-refractivity contribution in [2.75, 3.05) is 0 Å². The Labute approximate surface area is 128 Å². The third-order valence-electron chi connectivity index (χ3n) is 4.71. The van der Waals surface area contributed by atoms with Gasteiger partial charge in [-0.25, -0.2) is 0 Å². The lowest BCUT2D eigenvalue weighted by Gasteiger charge is -2.36. The molecule has 1 fully saturated rings. The summed E-state index contributed by atoms with van der Waals surface area (Å²) in [6.07, 6.45) is 3.95. The molecule has 0 aromatic heterocycles. The molecule has 0 N–H and O–H groups in total. The highest BCUT2D eigenvalue weighted by Crippen LogP contribution is 2.35. The van der Waals surface area contributed by atoms with Crippen LogP contribution >= 0.6 is 0 Å². The van der Waals surface area contributed by atoms with Gasteiger partial charge in [0.1, 0.15) is 6.10 Å². The third-order valence-corrected chi connectivity index (χ3v) is 4.71. The Morgan fingerprint density at radius 2 is 1.90 bits per heavy atom. The van der Waals surface area contributed by atoms with Crippen LogP contribution in [0.15, 0.2) is 24.3 Å². The molecule has 0 aliphatic heterocycles. The van der Waals surface area contributed by atoms with E-state index in [0.29, 0.717) is 24.2 Å². The second-order valence-corrected chi connectivity index (χ2v) is 7.02. The van der Waals surface area contributed by atoms with Crippen molar-refractivity contribution in [3.63, 3.8) is 0 Å². The zero-order valence-electron chi connectivity index (χ0n) is 13.8. The third kappa shape index (κ3) is 4.59. The normalized spacial score (nSPS) is 25.9. The average Bonchev–Trinajstić information content (AvgIpc) is 2.41. The standard InChI is InChI=1S/C19H28O2/c1-13(2)17-10-7-15(4)11-18(17)21-19(20)12-16-8-5-14(3)6-9-16/h5-6,8-9,13,15,17-18H,7,10-12H2,1-4H3/t15-,17+,18-/m0/s1. The first-order valence-electron chi connectivity index (χ1n) is 8.20. The fourth-order valence-corrected chi connectivity index (χ4v) is 3.33. The molecule has 0 bridgehead atoms. The summed E-state index contributed by atoms with van der Waals surface area (Å²) in [5.41, 5.74) is 2.25. The second kappa shape index (κ2) is 7.11. The number of hydrogen-bond donors (Lipinski definition) is 0. The van der Waals surface area contributed by atoms with Gasteiger partial charge in [0, 0.05) is 0 Å². The molecule has 0 heterocycles. The molecule has 1 aromatic carbocycles. The molecule has 0 amide bonds. The molecule has 2 rings (SSSR count). The maximum atomic E-state index is 12.2. The molecular weight excluding hydrogens is 260 g/mol. The van der Waals surface area contributed by atoms with Crippen LogP contribution < -0.4 is 0 Å². The van der Waals surface area contributed by atoms with E-state index >= 15 is 0 Å². The molecule has 0 saturated heterocycles. The molecular formula is C19H28O2. The van der Waals surface area contributed by atoms with Crippen molar-refractivity contribution in [1.82, 2.24) is 0 Å². The molecule has 2 nitrogen and oxygen atoms in total. The molecule has 0 radical (unpaired) electrons. The van der Waals surface area contributed by atoms with Gasteiger partial charge in [-0.15, -0.1) is 0 Å². The number of benzene rings is 1. The molecule has 21 heavy (non-hydrogen) atoms. The van der Waals surface area contributed by atoms with Crippen LogP contribution in [0.3, 0.4) is 0 Å². The summed E-state index contributed by atoms with van der Waals surface area (Å²) in [4.78, 5) is 12.2. The minimum atomic E-state index is -0.0800. The average molecular weight is 288 g/mol. The summed E-state index contributed by atoms with van der Waals surface area (Å²) < 4.78 is 5.83. The highest BCUT2D eigenvalue weighted by molar-refractivity contribution is 5.72. The van der Waals surface area contributed by atoms with Crippen molar-refractivity contribution >= 4 is 5.97 Å². The summed E-state index contributed by atoms with van der Waals surface area (Å²) >= 11 is 0. The lowest BCUT2D eigenvalue weighted by atomic mass is 9.75. The largest absolute Gasteiger partial charge is 0.462 e. The Morgan fingerprint density at radius 1 is 1.24 bits per heavy atom. The fourth-order valence-electron chi connectivity index (χ4n) is 3.33. The molecule has 2 heteroatoms. The summed E-state index contributed by atoms with van der Waals surface area (Å²) in [6, 6.07) is 8.12. The summed E-state index contributed by atoms with van der Waals surface area (Å²) in [6.45, 7) is 8.79. The molecule has 1 aliphatic carbocycles. The summed E-state index contributed by atoms with van der Waals surface area (Å²) in [5.74, 6) is 1.68. The van der Waals surface area contributed by atoms with E-state index in [0.717, 1.165) is 12.0 Å². The molecule has 1 aromatic rings. The van der Waals surface area contributed by atoms with E-state index in [-0.39, 0.29) is 12.1 Å². The van der Waals surface area contributed by atoms with Gasteiger partial charge in [0.25, 0.3) is 0 Å². The SMILES string of the molecule is Cc1ccc(CC(=O)O[C@H]2C[C@@H](C)CC[C@@H]2C(C)C)cc1. The minimum Gasteiger partial charge on any atom is -0.462 e. The number of ether oxygens (including phenoxy) is 1. The Morgan fingerprint density at radius 3 is 2.52 bits per heavy atom. The lowest BCUT2D eigenvalue weighted by molar-refractivity contribution is -0.155. The molecule has 1 aliphatic rings. The molecule has 0 spiro atoms. The van der Waals surface area contributed by atoms with Crippen LogP contribution in [0, 0.1) is 24.7 Å². The number of carbonyl (C=O) groups excluding carboxylic acids is 1. The highest BCUT2D eigenvalue weighted by Gasteiger charge is 2.33. The smallest absolute Gasteiger partial charge is 0.310 e. The van der Waals surface area contributed by atoms with Gasteiger partial charge in [-0.05, 0) is 43.1 Å². The van der Waals surface area contributed by atoms with Gasteiger partial charge in [0.2, 0.25) is 0 Å². The van der Waals surface area contributed by atoms with Gasteiger partial charge in [0.05, 0.1) is 6.42 Å². The van der Waals surface area contributed by atoms with E-state index in [4.69, 9.17) is 4.74 Å². The molecule has 1 saturated carbocycles. The van der Waals surface area contributed by atoms with Crippen LogP contribution in [-0.2, 0) is 16.0 Å². The Kier molecular flexibility index (Phi) is 5.44. The van der Waals surface area contributed by atoms with E-state index in [1.54, 1.807) is 0 Å². The van der Waals surface area contributed by atoms with Crippen LogP contribution in [0.4, 0.5) is 0 Å². The predicted octanol–water partition coefficient (Wildman–Crippen LogP) is 4.54. The monoisotopic (exact) mass is 288 g/mol. The quantitative estimate of drug-likeness (QED) is 0.760. The minimum absolute atomic E-state index is 0.0800. The zero-order valence-corrected chi connectivity index (χ0v) is 13.8. The first-order chi connectivity index (χ1) is 9.95. The number of hydrogen-bond acceptors (Lipinski definition) is 2. The van der Waals surface area contributed by atoms with Crippen molar-refractivity contribution in [1.29, 1.82) is 0 Å². The fraction of sp³-hybridized carbons (Fsp3) is 0.632. The van der Waals surface area contributed by atoms with Gasteiger partial charge < -0.3 is 4.74 Å². The number of aryl methyl sites for hydroxylation is 1. The summed E-state index contributed by atoms with van der Waals surface area (Å²) in [5, 5.41) is 0. The first kappa shape index (κ1) is 16.1. The number of carbonyl (C=O) groups is 1. The molecule has 116 valence electrons. The van der Waals surface area contributed by atoms with Crippen molar-refractivity contribution in [3.8, 4) is 0 Å². The first-order valence-corrected chi connectivity index (χ1v) is 8.20. The van der Waals surface area contributed by atoms with E-state index in [2.05, 4.69) is 27.7 Å². The topological polar surface area (TPSA) is 26.3 Å². The van der Waals surface area contributed by atoms with Gasteiger partial charge in [-0.2, -0.15) is 0 Å². The zero-order chi connectivity index (χ0) is 15.4. The van der Waals surface area contributed by atoms with Crippen LogP contribution in [-0.4, -0.2) is 12.1 Å². The Bertz CT molecular complexity index is 461. The van der Waals surface area contributed by atoms with Crippen LogP contribution in [0.1, 0.15) is 51.2 Å².